The predicted molar refractivity (Wildman–Crippen MR) is 116 cm³/mol. The predicted octanol–water partition coefficient (Wildman–Crippen LogP) is 4.24. The number of rotatable bonds is 4. The maximum absolute atomic E-state index is 12.6. The van der Waals surface area contributed by atoms with Gasteiger partial charge in [-0.3, -0.25) is 9.12 Å². The van der Waals surface area contributed by atoms with Crippen molar-refractivity contribution in [1.82, 2.24) is 24.1 Å². The third-order valence-electron chi connectivity index (χ3n) is 5.70. The molecule has 0 saturated heterocycles. The number of nitrogens with one attached hydrogen (secondary N) is 2. The molecule has 0 bridgehead atoms. The lowest BCUT2D eigenvalue weighted by Gasteiger charge is -2.14. The van der Waals surface area contributed by atoms with Crippen molar-refractivity contribution in [3.63, 3.8) is 0 Å². The molecular weight excluding hydrogens is 422 g/mol. The van der Waals surface area contributed by atoms with Crippen LogP contribution >= 0.6 is 11.6 Å². The van der Waals surface area contributed by atoms with Crippen molar-refractivity contribution in [2.75, 3.05) is 0 Å². The molecule has 1 aromatic carbocycles. The van der Waals surface area contributed by atoms with Gasteiger partial charge in [-0.05, 0) is 43.0 Å². The van der Waals surface area contributed by atoms with Gasteiger partial charge in [0.1, 0.15) is 5.82 Å². The van der Waals surface area contributed by atoms with Gasteiger partial charge in [-0.1, -0.05) is 30.2 Å². The van der Waals surface area contributed by atoms with Gasteiger partial charge in [-0.2, -0.15) is 0 Å². The van der Waals surface area contributed by atoms with Gasteiger partial charge >= 0.3 is 0 Å². The first-order chi connectivity index (χ1) is 14.4. The Morgan fingerprint density at radius 1 is 1.23 bits per heavy atom. The quantitative estimate of drug-likeness (QED) is 0.495. The molecule has 0 spiro atoms. The molecule has 3 aromatic heterocycles. The Bertz CT molecular complexity index is 1390. The van der Waals surface area contributed by atoms with Gasteiger partial charge in [0.25, 0.3) is 10.0 Å². The molecule has 154 valence electrons. The molecule has 30 heavy (non-hydrogen) atoms. The fourth-order valence-corrected chi connectivity index (χ4v) is 5.46. The summed E-state index contributed by atoms with van der Waals surface area (Å²) in [6, 6.07) is 8.23. The minimum absolute atomic E-state index is 0.149. The van der Waals surface area contributed by atoms with Crippen LogP contribution in [0.5, 0.6) is 0 Å². The topological polar surface area (TPSA) is 92.2 Å². The van der Waals surface area contributed by atoms with Crippen molar-refractivity contribution in [2.24, 2.45) is 5.92 Å². The van der Waals surface area contributed by atoms with E-state index in [-0.39, 0.29) is 10.8 Å². The van der Waals surface area contributed by atoms with Crippen LogP contribution in [0.25, 0.3) is 16.7 Å². The van der Waals surface area contributed by atoms with Crippen LogP contribution in [0.4, 0.5) is 0 Å². The Morgan fingerprint density at radius 3 is 2.90 bits per heavy atom. The van der Waals surface area contributed by atoms with E-state index in [9.17, 15) is 8.42 Å². The molecule has 3 heterocycles. The minimum atomic E-state index is -3.66. The van der Waals surface area contributed by atoms with E-state index < -0.39 is 10.0 Å². The molecular formula is C21H20ClN5O2S. The van der Waals surface area contributed by atoms with E-state index >= 15 is 0 Å². The first kappa shape index (κ1) is 19.1. The lowest BCUT2D eigenvalue weighted by molar-refractivity contribution is 0.510. The molecule has 1 aliphatic carbocycles. The number of hydrogen-bond donors (Lipinski definition) is 2. The molecule has 1 saturated carbocycles. The number of fused-ring (bicyclic) bond motifs is 3. The van der Waals surface area contributed by atoms with Crippen LogP contribution in [-0.4, -0.2) is 27.8 Å². The normalized spacial score (nSPS) is 21.1. The Kier molecular flexibility index (Phi) is 4.56. The van der Waals surface area contributed by atoms with Crippen molar-refractivity contribution < 1.29 is 8.42 Å². The maximum Gasteiger partial charge on any atom is 0.261 e. The Balaban J connectivity index is 1.43. The molecule has 9 heteroatoms. The lowest BCUT2D eigenvalue weighted by Crippen LogP contribution is -2.18. The number of nitrogens with zero attached hydrogens (tertiary/aromatic N) is 3. The van der Waals surface area contributed by atoms with E-state index in [0.29, 0.717) is 10.9 Å². The second kappa shape index (κ2) is 7.14. The highest BCUT2D eigenvalue weighted by molar-refractivity contribution is 7.89. The third-order valence-corrected chi connectivity index (χ3v) is 7.23. The molecule has 2 unspecified atom stereocenters. The van der Waals surface area contributed by atoms with Crippen molar-refractivity contribution in [1.29, 1.82) is 0 Å². The van der Waals surface area contributed by atoms with Crippen LogP contribution in [0, 0.1) is 5.92 Å². The van der Waals surface area contributed by atoms with Crippen LogP contribution in [0.15, 0.2) is 65.6 Å². The summed E-state index contributed by atoms with van der Waals surface area (Å²) >= 11 is 5.93. The average molecular weight is 442 g/mol. The summed E-state index contributed by atoms with van der Waals surface area (Å²) in [5, 5.41) is 0.386. The zero-order valence-corrected chi connectivity index (χ0v) is 17.8. The number of aromatic nitrogens is 4. The summed E-state index contributed by atoms with van der Waals surface area (Å²) < 4.78 is 29.9. The highest BCUT2D eigenvalue weighted by atomic mass is 35.5. The largest absolute Gasteiger partial charge is 0.345 e. The number of H-pyrrole nitrogens is 1. The number of aromatic amines is 1. The molecule has 2 atom stereocenters. The summed E-state index contributed by atoms with van der Waals surface area (Å²) in [6.07, 6.45) is 8.69. The molecule has 1 aliphatic rings. The molecule has 5 rings (SSSR count). The third kappa shape index (κ3) is 3.26. The number of benzene rings is 1. The zero-order chi connectivity index (χ0) is 20.9. The average Bonchev–Trinajstić information content (AvgIpc) is 3.43. The first-order valence-electron chi connectivity index (χ1n) is 9.67. The fourth-order valence-electron chi connectivity index (χ4n) is 4.21. The number of sulfonamides is 1. The first-order valence-corrected chi connectivity index (χ1v) is 11.5. The van der Waals surface area contributed by atoms with Crippen molar-refractivity contribution in [3.8, 4) is 0 Å². The van der Waals surface area contributed by atoms with Crippen LogP contribution < -0.4 is 4.72 Å². The van der Waals surface area contributed by atoms with Crippen LogP contribution in [0.2, 0.25) is 5.02 Å². The molecule has 1 fully saturated rings. The minimum Gasteiger partial charge on any atom is -0.345 e. The van der Waals surface area contributed by atoms with Gasteiger partial charge in [0, 0.05) is 23.3 Å². The van der Waals surface area contributed by atoms with Crippen LogP contribution in [0.1, 0.15) is 31.5 Å². The standard InChI is InChI=1S/C21H20ClN5O2S/c1-13-7-14(10-26-30(28,29)17-4-2-3-15(22)9-17)8-18(13)21-25-12-16-11-24-20-19(27(16)21)5-6-23-20/h2-6,9-13,18,23,26H,7-8H2,1H3/b14-10-. The monoisotopic (exact) mass is 441 g/mol. The van der Waals surface area contributed by atoms with Crippen molar-refractivity contribution >= 4 is 38.3 Å². The zero-order valence-electron chi connectivity index (χ0n) is 16.2. The smallest absolute Gasteiger partial charge is 0.261 e. The summed E-state index contributed by atoms with van der Waals surface area (Å²) in [4.78, 5) is 12.4. The fraction of sp³-hybridized carbons (Fsp3) is 0.238. The Hall–Kier alpha value is -2.84. The summed E-state index contributed by atoms with van der Waals surface area (Å²) in [5.41, 5.74) is 3.81. The van der Waals surface area contributed by atoms with Gasteiger partial charge in [-0.15, -0.1) is 0 Å². The van der Waals surface area contributed by atoms with Gasteiger partial charge in [-0.25, -0.2) is 18.4 Å². The van der Waals surface area contributed by atoms with E-state index in [4.69, 9.17) is 11.6 Å². The van der Waals surface area contributed by atoms with E-state index in [1.54, 1.807) is 18.3 Å². The Labute approximate surface area is 178 Å². The molecule has 7 nitrogen and oxygen atoms in total. The SMILES string of the molecule is CC1C/C(=C/NS(=O)(=O)c2cccc(Cl)c2)CC1c1ncc2cnc3[nH]ccc3n12. The molecule has 2 N–H and O–H groups in total. The maximum atomic E-state index is 12.6. The van der Waals surface area contributed by atoms with E-state index in [1.807, 2.05) is 24.7 Å². The second-order valence-corrected chi connectivity index (χ2v) is 9.87. The molecule has 0 aliphatic heterocycles. The lowest BCUT2D eigenvalue weighted by atomic mass is 9.97. The van der Waals surface area contributed by atoms with Crippen molar-refractivity contribution in [3.05, 3.63) is 71.5 Å². The van der Waals surface area contributed by atoms with E-state index in [2.05, 4.69) is 31.0 Å². The van der Waals surface area contributed by atoms with Crippen LogP contribution in [-0.2, 0) is 10.0 Å². The van der Waals surface area contributed by atoms with Crippen LogP contribution in [0.3, 0.4) is 0 Å². The number of imidazole rings is 1. The number of halogens is 1. The number of allylic oxidation sites excluding steroid dienone is 1. The molecule has 0 amide bonds. The van der Waals surface area contributed by atoms with Gasteiger partial charge in [0.05, 0.1) is 28.3 Å². The number of hydrogen-bond acceptors (Lipinski definition) is 4. The van der Waals surface area contributed by atoms with Gasteiger partial charge < -0.3 is 4.98 Å². The summed E-state index contributed by atoms with van der Waals surface area (Å²) in [7, 11) is -3.66. The van der Waals surface area contributed by atoms with Gasteiger partial charge in [0.15, 0.2) is 5.65 Å². The highest BCUT2D eigenvalue weighted by Crippen LogP contribution is 2.42. The second-order valence-electron chi connectivity index (χ2n) is 7.72. The molecule has 4 aromatic rings. The van der Waals surface area contributed by atoms with E-state index in [1.165, 1.54) is 12.1 Å². The van der Waals surface area contributed by atoms with Crippen molar-refractivity contribution in [2.45, 2.75) is 30.6 Å². The molecule has 0 radical (unpaired) electrons. The Morgan fingerprint density at radius 2 is 2.07 bits per heavy atom. The highest BCUT2D eigenvalue weighted by Gasteiger charge is 2.32. The summed E-state index contributed by atoms with van der Waals surface area (Å²) in [6.45, 7) is 2.17. The summed E-state index contributed by atoms with van der Waals surface area (Å²) in [5.74, 6) is 1.50. The van der Waals surface area contributed by atoms with Gasteiger partial charge in [0.2, 0.25) is 0 Å². The van der Waals surface area contributed by atoms with E-state index in [0.717, 1.165) is 40.9 Å².